The van der Waals surface area contributed by atoms with Crippen LogP contribution in [-0.4, -0.2) is 30.8 Å². The number of ether oxygens (including phenoxy) is 1. The molecule has 0 unspecified atom stereocenters. The normalized spacial score (nSPS) is 10.1. The number of phenolic OH excluding ortho intramolecular Hbond substituents is 1. The molecule has 6 nitrogen and oxygen atoms in total. The van der Waals surface area contributed by atoms with E-state index in [1.54, 1.807) is 12.1 Å². The van der Waals surface area contributed by atoms with Gasteiger partial charge in [-0.1, -0.05) is 6.07 Å². The summed E-state index contributed by atoms with van der Waals surface area (Å²) >= 11 is 0. The van der Waals surface area contributed by atoms with Crippen molar-refractivity contribution in [2.24, 2.45) is 5.73 Å². The molecule has 0 aliphatic rings. The summed E-state index contributed by atoms with van der Waals surface area (Å²) in [4.78, 5) is 10.4. The van der Waals surface area contributed by atoms with Crippen molar-refractivity contribution in [3.05, 3.63) is 23.8 Å². The smallest absolute Gasteiger partial charge is 0.312 e. The summed E-state index contributed by atoms with van der Waals surface area (Å²) in [7, 11) is 0. The number of hydrogen-bond donors (Lipinski definition) is 4. The third-order valence-corrected chi connectivity index (χ3v) is 2.25. The minimum absolute atomic E-state index is 0.135. The van der Waals surface area contributed by atoms with Crippen molar-refractivity contribution in [1.29, 1.82) is 0 Å². The summed E-state index contributed by atoms with van der Waals surface area (Å²) in [5, 5.41) is 15.2. The molecule has 0 spiro atoms. The van der Waals surface area contributed by atoms with Gasteiger partial charge in [0.05, 0.1) is 6.61 Å². The summed E-state index contributed by atoms with van der Waals surface area (Å²) in [5.74, 6) is 0.614. The van der Waals surface area contributed by atoms with Crippen LogP contribution < -0.4 is 21.1 Å². The zero-order valence-electron chi connectivity index (χ0n) is 10.4. The number of primary amides is 1. The largest absolute Gasteiger partial charge is 0.504 e. The monoisotopic (exact) mass is 253 g/mol. The molecule has 5 N–H and O–H groups in total. The van der Waals surface area contributed by atoms with E-state index >= 15 is 0 Å². The van der Waals surface area contributed by atoms with E-state index in [0.717, 1.165) is 5.56 Å². The van der Waals surface area contributed by atoms with E-state index in [2.05, 4.69) is 10.6 Å². The average Bonchev–Trinajstić information content (AvgIpc) is 2.32. The molecule has 6 heteroatoms. The van der Waals surface area contributed by atoms with Gasteiger partial charge in [-0.2, -0.15) is 0 Å². The van der Waals surface area contributed by atoms with E-state index in [-0.39, 0.29) is 5.75 Å². The van der Waals surface area contributed by atoms with Crippen molar-refractivity contribution >= 4 is 6.03 Å². The first-order chi connectivity index (χ1) is 8.63. The Balaban J connectivity index is 2.38. The van der Waals surface area contributed by atoms with E-state index in [1.165, 1.54) is 0 Å². The van der Waals surface area contributed by atoms with Crippen LogP contribution in [0.4, 0.5) is 4.79 Å². The first-order valence-electron chi connectivity index (χ1n) is 5.82. The van der Waals surface area contributed by atoms with Gasteiger partial charge in [-0.05, 0) is 24.6 Å². The summed E-state index contributed by atoms with van der Waals surface area (Å²) in [6.45, 7) is 4.09. The van der Waals surface area contributed by atoms with Crippen LogP contribution in [0.3, 0.4) is 0 Å². The highest BCUT2D eigenvalue weighted by atomic mass is 16.5. The minimum Gasteiger partial charge on any atom is -0.504 e. The molecule has 1 aromatic carbocycles. The number of carbonyl (C=O) groups excluding carboxylic acids is 1. The van der Waals surface area contributed by atoms with E-state index in [1.807, 2.05) is 13.0 Å². The fourth-order valence-corrected chi connectivity index (χ4v) is 1.45. The molecule has 100 valence electrons. The molecule has 0 aromatic heterocycles. The first kappa shape index (κ1) is 14.1. The second kappa shape index (κ2) is 7.39. The van der Waals surface area contributed by atoms with Crippen molar-refractivity contribution in [2.45, 2.75) is 13.5 Å². The molecule has 0 saturated carbocycles. The molecular formula is C12H19N3O3. The Bertz CT molecular complexity index is 396. The molecule has 0 atom stereocenters. The van der Waals surface area contributed by atoms with E-state index in [4.69, 9.17) is 10.5 Å². The first-order valence-corrected chi connectivity index (χ1v) is 5.82. The maximum Gasteiger partial charge on any atom is 0.312 e. The summed E-state index contributed by atoms with van der Waals surface area (Å²) < 4.78 is 5.28. The predicted molar refractivity (Wildman–Crippen MR) is 68.6 cm³/mol. The molecule has 0 aliphatic heterocycles. The van der Waals surface area contributed by atoms with Gasteiger partial charge in [-0.25, -0.2) is 4.79 Å². The van der Waals surface area contributed by atoms with Crippen LogP contribution in [-0.2, 0) is 6.54 Å². The Labute approximate surface area is 106 Å². The van der Waals surface area contributed by atoms with Crippen LogP contribution in [0.25, 0.3) is 0 Å². The highest BCUT2D eigenvalue weighted by molar-refractivity contribution is 5.71. The molecule has 0 fully saturated rings. The highest BCUT2D eigenvalue weighted by Crippen LogP contribution is 2.26. The molecule has 0 bridgehead atoms. The molecule has 18 heavy (non-hydrogen) atoms. The van der Waals surface area contributed by atoms with Gasteiger partial charge in [-0.15, -0.1) is 0 Å². The van der Waals surface area contributed by atoms with Crippen molar-refractivity contribution in [3.8, 4) is 11.5 Å². The summed E-state index contributed by atoms with van der Waals surface area (Å²) in [5.41, 5.74) is 5.93. The number of amides is 2. The van der Waals surface area contributed by atoms with Gasteiger partial charge in [0.2, 0.25) is 0 Å². The standard InChI is InChI=1S/C12H19N3O3/c1-2-18-11-7-9(3-4-10(11)16)8-14-5-6-15-12(13)17/h3-4,7,14,16H,2,5-6,8H2,1H3,(H3,13,15,17). The number of carbonyl (C=O) groups is 1. The third kappa shape index (κ3) is 4.92. The van der Waals surface area contributed by atoms with Gasteiger partial charge in [-0.3, -0.25) is 0 Å². The van der Waals surface area contributed by atoms with E-state index < -0.39 is 6.03 Å². The van der Waals surface area contributed by atoms with Crippen LogP contribution in [0.1, 0.15) is 12.5 Å². The number of phenols is 1. The second-order valence-corrected chi connectivity index (χ2v) is 3.70. The molecule has 1 rings (SSSR count). The van der Waals surface area contributed by atoms with Crippen LogP contribution in [0.2, 0.25) is 0 Å². The number of aromatic hydroxyl groups is 1. The Hall–Kier alpha value is -1.95. The summed E-state index contributed by atoms with van der Waals surface area (Å²) in [6, 6.07) is 4.67. The Morgan fingerprint density at radius 1 is 1.44 bits per heavy atom. The number of rotatable bonds is 7. The zero-order chi connectivity index (χ0) is 13.4. The lowest BCUT2D eigenvalue weighted by molar-refractivity contribution is 0.249. The third-order valence-electron chi connectivity index (χ3n) is 2.25. The van der Waals surface area contributed by atoms with Crippen LogP contribution in [0, 0.1) is 0 Å². The van der Waals surface area contributed by atoms with Gasteiger partial charge in [0.15, 0.2) is 11.5 Å². The van der Waals surface area contributed by atoms with Gasteiger partial charge in [0, 0.05) is 19.6 Å². The van der Waals surface area contributed by atoms with Gasteiger partial charge in [0.1, 0.15) is 0 Å². The van der Waals surface area contributed by atoms with Gasteiger partial charge in [0.25, 0.3) is 0 Å². The molecular weight excluding hydrogens is 234 g/mol. The Kier molecular flexibility index (Phi) is 5.79. The predicted octanol–water partition coefficient (Wildman–Crippen LogP) is 0.549. The zero-order valence-corrected chi connectivity index (χ0v) is 10.4. The lowest BCUT2D eigenvalue weighted by atomic mass is 10.2. The molecule has 0 heterocycles. The SMILES string of the molecule is CCOc1cc(CNCCNC(N)=O)ccc1O. The molecule has 0 radical (unpaired) electrons. The van der Waals surface area contributed by atoms with E-state index in [0.29, 0.717) is 32.0 Å². The number of hydrogen-bond acceptors (Lipinski definition) is 4. The summed E-state index contributed by atoms with van der Waals surface area (Å²) in [6.07, 6.45) is 0. The van der Waals surface area contributed by atoms with E-state index in [9.17, 15) is 9.90 Å². The number of nitrogens with one attached hydrogen (secondary N) is 2. The lowest BCUT2D eigenvalue weighted by Gasteiger charge is -2.09. The fraction of sp³-hybridized carbons (Fsp3) is 0.417. The van der Waals surface area contributed by atoms with Crippen LogP contribution in [0.15, 0.2) is 18.2 Å². The second-order valence-electron chi connectivity index (χ2n) is 3.70. The highest BCUT2D eigenvalue weighted by Gasteiger charge is 2.03. The fourth-order valence-electron chi connectivity index (χ4n) is 1.45. The Morgan fingerprint density at radius 2 is 2.22 bits per heavy atom. The van der Waals surface area contributed by atoms with Gasteiger partial charge >= 0.3 is 6.03 Å². The van der Waals surface area contributed by atoms with Crippen LogP contribution in [0.5, 0.6) is 11.5 Å². The van der Waals surface area contributed by atoms with Crippen molar-refractivity contribution < 1.29 is 14.6 Å². The minimum atomic E-state index is -0.528. The van der Waals surface area contributed by atoms with Gasteiger partial charge < -0.3 is 26.2 Å². The number of nitrogens with two attached hydrogens (primary N) is 1. The molecule has 2 amide bonds. The van der Waals surface area contributed by atoms with Crippen molar-refractivity contribution in [3.63, 3.8) is 0 Å². The molecule has 1 aromatic rings. The molecule has 0 saturated heterocycles. The van der Waals surface area contributed by atoms with Crippen molar-refractivity contribution in [2.75, 3.05) is 19.7 Å². The Morgan fingerprint density at radius 3 is 2.89 bits per heavy atom. The maximum atomic E-state index is 10.4. The van der Waals surface area contributed by atoms with Crippen molar-refractivity contribution in [1.82, 2.24) is 10.6 Å². The number of benzene rings is 1. The van der Waals surface area contributed by atoms with Crippen LogP contribution >= 0.6 is 0 Å². The quantitative estimate of drug-likeness (QED) is 0.533. The molecule has 0 aliphatic carbocycles. The lowest BCUT2D eigenvalue weighted by Crippen LogP contribution is -2.35. The maximum absolute atomic E-state index is 10.4. The number of urea groups is 1. The topological polar surface area (TPSA) is 96.6 Å². The average molecular weight is 253 g/mol.